The van der Waals surface area contributed by atoms with E-state index < -0.39 is 38.7 Å². The van der Waals surface area contributed by atoms with E-state index >= 15 is 0 Å². The average molecular weight is 461 g/mol. The standard InChI is InChI=1S/C31H31N2O/c1-17(2)23-16-33(7)26(14-19(23)4)27-18(3)8-9-20-21-10-11-24-28(30(21)34-29(20)27)22-12-13-32-15-25(22)31(24,5)6/h8-17H,1-7H3/q+1/i1D3,4D3,5D3,6D3,17D. The smallest absolute Gasteiger partial charge is 0.216 e. The molecule has 0 radical (unpaired) electrons. The fraction of sp³-hybridized carbons (Fsp3) is 0.290. The van der Waals surface area contributed by atoms with Crippen molar-refractivity contribution in [2.75, 3.05) is 0 Å². The van der Waals surface area contributed by atoms with E-state index in [0.29, 0.717) is 44.3 Å². The van der Waals surface area contributed by atoms with E-state index in [1.165, 1.54) is 37.6 Å². The summed E-state index contributed by atoms with van der Waals surface area (Å²) < 4.78 is 116. The maximum absolute atomic E-state index is 8.68. The van der Waals surface area contributed by atoms with Crippen molar-refractivity contribution in [2.24, 2.45) is 7.05 Å². The van der Waals surface area contributed by atoms with Gasteiger partial charge in [-0.2, -0.15) is 0 Å². The largest absolute Gasteiger partial charge is 0.454 e. The Bertz CT molecular complexity index is 2080. The van der Waals surface area contributed by atoms with Crippen molar-refractivity contribution in [3.63, 3.8) is 0 Å². The van der Waals surface area contributed by atoms with E-state index in [1.54, 1.807) is 23.7 Å². The van der Waals surface area contributed by atoms with E-state index in [4.69, 9.17) is 22.2 Å². The number of furan rings is 1. The monoisotopic (exact) mass is 460 g/mol. The lowest BCUT2D eigenvalue weighted by molar-refractivity contribution is -0.660. The van der Waals surface area contributed by atoms with Crippen molar-refractivity contribution in [3.8, 4) is 22.4 Å². The van der Waals surface area contributed by atoms with Crippen molar-refractivity contribution in [1.29, 1.82) is 0 Å². The Balaban J connectivity index is 1.72. The van der Waals surface area contributed by atoms with Crippen molar-refractivity contribution >= 4 is 21.9 Å². The highest BCUT2D eigenvalue weighted by molar-refractivity contribution is 6.14. The zero-order chi connectivity index (χ0) is 34.9. The Kier molecular flexibility index (Phi) is 2.34. The molecule has 0 saturated heterocycles. The number of hydrogen-bond donors (Lipinski definition) is 0. The molecular formula is C31H31N2O+. The molecule has 3 aromatic heterocycles. The molecule has 6 rings (SSSR count). The topological polar surface area (TPSA) is 29.9 Å². The summed E-state index contributed by atoms with van der Waals surface area (Å²) in [4.78, 5) is 4.10. The lowest BCUT2D eigenvalue weighted by atomic mass is 9.83. The highest BCUT2D eigenvalue weighted by Gasteiger charge is 2.38. The van der Waals surface area contributed by atoms with Crippen LogP contribution in [0.5, 0.6) is 0 Å². The van der Waals surface area contributed by atoms with Gasteiger partial charge in [0.2, 0.25) is 5.69 Å². The third kappa shape index (κ3) is 2.70. The van der Waals surface area contributed by atoms with Gasteiger partial charge in [-0.3, -0.25) is 4.98 Å². The van der Waals surface area contributed by atoms with Crippen LogP contribution in [-0.4, -0.2) is 4.98 Å². The van der Waals surface area contributed by atoms with Crippen molar-refractivity contribution in [3.05, 3.63) is 82.8 Å². The van der Waals surface area contributed by atoms with E-state index in [-0.39, 0.29) is 27.8 Å². The van der Waals surface area contributed by atoms with Crippen LogP contribution in [0.1, 0.15) is 79.0 Å². The lowest BCUT2D eigenvalue weighted by Gasteiger charge is -2.20. The number of fused-ring (bicyclic) bond motifs is 7. The zero-order valence-electron chi connectivity index (χ0n) is 32.0. The SMILES string of the molecule is [2H]C([2H])([2H])c1cc(-c2c(C)ccc3c2oc2c4c(ccc23)C(C([2H])([2H])[2H])(C([2H])([2H])[2H])c2cnccc2-4)[n+](C)cc1C([2H])(C)C([2H])([2H])[2H]. The molecule has 1 unspecified atom stereocenters. The molecule has 0 aliphatic heterocycles. The highest BCUT2D eigenvalue weighted by atomic mass is 16.3. The molecular weight excluding hydrogens is 416 g/mol. The molecule has 0 spiro atoms. The van der Waals surface area contributed by atoms with Gasteiger partial charge in [-0.1, -0.05) is 51.7 Å². The Morgan fingerprint density at radius 2 is 1.82 bits per heavy atom. The Labute approximate surface area is 219 Å². The molecule has 34 heavy (non-hydrogen) atoms. The molecule has 0 amide bonds. The van der Waals surface area contributed by atoms with Gasteiger partial charge in [0.25, 0.3) is 0 Å². The summed E-state index contributed by atoms with van der Waals surface area (Å²) in [6, 6.07) is 9.77. The summed E-state index contributed by atoms with van der Waals surface area (Å²) in [5, 5.41) is 1.21. The molecule has 3 heteroatoms. The van der Waals surface area contributed by atoms with Gasteiger partial charge < -0.3 is 4.42 Å². The number of benzene rings is 2. The predicted octanol–water partition coefficient (Wildman–Crippen LogP) is 7.52. The van der Waals surface area contributed by atoms with Crippen molar-refractivity contribution in [2.45, 2.75) is 52.6 Å². The normalized spacial score (nSPS) is 23.1. The van der Waals surface area contributed by atoms with Gasteiger partial charge in [0.15, 0.2) is 6.20 Å². The second-order valence-electron chi connectivity index (χ2n) is 8.99. The second-order valence-corrected chi connectivity index (χ2v) is 8.99. The minimum Gasteiger partial charge on any atom is -0.454 e. The molecule has 0 N–H and O–H groups in total. The lowest BCUT2D eigenvalue weighted by Crippen LogP contribution is -2.32. The van der Waals surface area contributed by atoms with E-state index in [1.807, 2.05) is 19.1 Å². The summed E-state index contributed by atoms with van der Waals surface area (Å²) in [6.45, 7) is -8.56. The van der Waals surface area contributed by atoms with Gasteiger partial charge in [0.1, 0.15) is 18.2 Å². The van der Waals surface area contributed by atoms with Gasteiger partial charge in [-0.25, -0.2) is 4.57 Å². The first-order valence-corrected chi connectivity index (χ1v) is 11.0. The predicted molar refractivity (Wildman–Crippen MR) is 139 cm³/mol. The fourth-order valence-electron chi connectivity index (χ4n) is 5.15. The molecule has 3 heterocycles. The van der Waals surface area contributed by atoms with E-state index in [2.05, 4.69) is 4.98 Å². The second kappa shape index (κ2) is 7.02. The van der Waals surface area contributed by atoms with Crippen LogP contribution in [0.2, 0.25) is 0 Å². The first kappa shape index (κ1) is 11.3. The van der Waals surface area contributed by atoms with Crippen LogP contribution < -0.4 is 4.57 Å². The molecule has 2 aromatic carbocycles. The Morgan fingerprint density at radius 3 is 2.59 bits per heavy atom. The maximum atomic E-state index is 8.68. The number of aryl methyl sites for hydroxylation is 3. The summed E-state index contributed by atoms with van der Waals surface area (Å²) in [7, 11) is 1.63. The minimum absolute atomic E-state index is 0.0522. The van der Waals surface area contributed by atoms with Crippen LogP contribution in [0.25, 0.3) is 44.3 Å². The zero-order valence-corrected chi connectivity index (χ0v) is 19.0. The number of aromatic nitrogens is 2. The van der Waals surface area contributed by atoms with E-state index in [0.717, 1.165) is 0 Å². The summed E-state index contributed by atoms with van der Waals surface area (Å²) in [5.74, 6) is -2.23. The van der Waals surface area contributed by atoms with Crippen LogP contribution in [-0.2, 0) is 12.5 Å². The van der Waals surface area contributed by atoms with Crippen LogP contribution in [0.4, 0.5) is 0 Å². The molecule has 0 saturated carbocycles. The summed E-state index contributed by atoms with van der Waals surface area (Å²) in [5.41, 5.74) is 0.206. The molecule has 170 valence electrons. The van der Waals surface area contributed by atoms with Gasteiger partial charge in [0.05, 0.1) is 5.56 Å². The number of pyridine rings is 2. The first-order chi connectivity index (χ1) is 21.5. The average Bonchev–Trinajstić information content (AvgIpc) is 3.45. The molecule has 1 aliphatic carbocycles. The molecule has 5 aromatic rings. The fourth-order valence-corrected chi connectivity index (χ4v) is 5.15. The number of nitrogens with zero attached hydrogens (tertiary/aromatic N) is 2. The molecule has 1 aliphatic rings. The van der Waals surface area contributed by atoms with Crippen molar-refractivity contribution < 1.29 is 26.8 Å². The van der Waals surface area contributed by atoms with Gasteiger partial charge >= 0.3 is 0 Å². The number of rotatable bonds is 2. The maximum Gasteiger partial charge on any atom is 0.216 e. The summed E-state index contributed by atoms with van der Waals surface area (Å²) >= 11 is 0. The summed E-state index contributed by atoms with van der Waals surface area (Å²) in [6.07, 6.45) is 4.11. The quantitative estimate of drug-likeness (QED) is 0.255. The van der Waals surface area contributed by atoms with Gasteiger partial charge in [-0.05, 0) is 53.6 Å². The van der Waals surface area contributed by atoms with Gasteiger partial charge in [-0.15, -0.1) is 0 Å². The minimum atomic E-state index is -2.98. The van der Waals surface area contributed by atoms with Gasteiger partial charge in [0, 0.05) is 63.6 Å². The van der Waals surface area contributed by atoms with Crippen molar-refractivity contribution in [1.82, 2.24) is 4.98 Å². The van der Waals surface area contributed by atoms with E-state index in [9.17, 15) is 0 Å². The molecule has 3 nitrogen and oxygen atoms in total. The van der Waals surface area contributed by atoms with Crippen LogP contribution in [0.3, 0.4) is 0 Å². The van der Waals surface area contributed by atoms with Crippen LogP contribution in [0, 0.1) is 13.8 Å². The third-order valence-corrected chi connectivity index (χ3v) is 6.85. The van der Waals surface area contributed by atoms with Crippen LogP contribution >= 0.6 is 0 Å². The highest BCUT2D eigenvalue weighted by Crippen LogP contribution is 2.52. The molecule has 0 bridgehead atoms. The Morgan fingerprint density at radius 1 is 1.03 bits per heavy atom. The first-order valence-electron chi connectivity index (χ1n) is 17.5. The third-order valence-electron chi connectivity index (χ3n) is 6.85. The number of hydrogen-bond acceptors (Lipinski definition) is 2. The van der Waals surface area contributed by atoms with Crippen LogP contribution in [0.15, 0.2) is 59.4 Å². The molecule has 1 atom stereocenters. The Hall–Kier alpha value is -3.46. The molecule has 0 fully saturated rings.